The molecule has 1 aromatic heterocycles. The van der Waals surface area contributed by atoms with Crippen LogP contribution in [0.5, 0.6) is 6.01 Å². The van der Waals surface area contributed by atoms with Crippen molar-refractivity contribution >= 4 is 39.8 Å². The number of likely N-dealkylation sites (tertiary alicyclic amines) is 1. The molecule has 0 radical (unpaired) electrons. The normalized spacial score (nSPS) is 22.4. The van der Waals surface area contributed by atoms with Gasteiger partial charge in [0.15, 0.2) is 0 Å². The largest absolute Gasteiger partial charge is 0.463 e. The molecule has 0 N–H and O–H groups in total. The zero-order valence-corrected chi connectivity index (χ0v) is 24.4. The molecule has 0 spiro atoms. The second-order valence-corrected chi connectivity index (χ2v) is 12.0. The van der Waals surface area contributed by atoms with Crippen LogP contribution >= 0.6 is 11.6 Å². The van der Waals surface area contributed by atoms with Crippen LogP contribution in [0.3, 0.4) is 0 Å². The van der Waals surface area contributed by atoms with Crippen molar-refractivity contribution in [2.45, 2.75) is 44.9 Å². The molecule has 216 valence electrons. The summed E-state index contributed by atoms with van der Waals surface area (Å²) in [6.45, 7) is 9.54. The summed E-state index contributed by atoms with van der Waals surface area (Å²) < 4.78 is 12.0. The number of amides is 1. The molecule has 9 nitrogen and oxygen atoms in total. The molecule has 2 atom stereocenters. The van der Waals surface area contributed by atoms with Crippen molar-refractivity contribution in [3.8, 4) is 6.01 Å². The highest BCUT2D eigenvalue weighted by Crippen LogP contribution is 2.37. The Hall–Kier alpha value is -3.14. The van der Waals surface area contributed by atoms with E-state index in [-0.39, 0.29) is 5.91 Å². The lowest BCUT2D eigenvalue weighted by Gasteiger charge is -2.38. The number of morpholine rings is 1. The summed E-state index contributed by atoms with van der Waals surface area (Å²) >= 11 is 6.69. The maximum absolute atomic E-state index is 11.9. The molecule has 3 aromatic rings. The van der Waals surface area contributed by atoms with Crippen LogP contribution in [-0.2, 0) is 22.5 Å². The number of hydrogen-bond acceptors (Lipinski definition) is 8. The molecule has 41 heavy (non-hydrogen) atoms. The zero-order valence-electron chi connectivity index (χ0n) is 23.6. The van der Waals surface area contributed by atoms with Crippen LogP contribution in [0, 0.1) is 0 Å². The number of anilines is 2. The number of piperazine rings is 1. The molecule has 4 aliphatic heterocycles. The van der Waals surface area contributed by atoms with Crippen LogP contribution in [0.25, 0.3) is 10.8 Å². The lowest BCUT2D eigenvalue weighted by atomic mass is 10.0. The topological polar surface area (TPSA) is 74.3 Å². The van der Waals surface area contributed by atoms with E-state index in [1.807, 2.05) is 17.0 Å². The van der Waals surface area contributed by atoms with Crippen LogP contribution in [-0.4, -0.2) is 96.8 Å². The van der Waals surface area contributed by atoms with Crippen molar-refractivity contribution in [3.05, 3.63) is 52.7 Å². The van der Waals surface area contributed by atoms with Gasteiger partial charge in [-0.05, 0) is 36.8 Å². The quantitative estimate of drug-likeness (QED) is 0.394. The third kappa shape index (κ3) is 5.31. The van der Waals surface area contributed by atoms with Gasteiger partial charge in [-0.3, -0.25) is 9.69 Å². The molecule has 0 saturated carbocycles. The first-order valence-corrected chi connectivity index (χ1v) is 15.2. The van der Waals surface area contributed by atoms with Gasteiger partial charge < -0.3 is 24.2 Å². The van der Waals surface area contributed by atoms with Crippen molar-refractivity contribution in [1.29, 1.82) is 0 Å². The van der Waals surface area contributed by atoms with E-state index in [9.17, 15) is 4.79 Å². The Kier molecular flexibility index (Phi) is 7.35. The standard InChI is InChI=1S/C31H37ClN6O3/c1-21(39)35-12-14-36(15-13-35)30-25-9-11-38(28-8-3-6-22-5-2-7-26(32)29(22)28)19-27(25)33-31(34-30)40-16-4-10-37-18-24-17-23(37)20-41-24/h2-3,5-8,23-24H,4,9-20H2,1H3/t23-,24-/m0/s1. The fourth-order valence-electron chi connectivity index (χ4n) is 6.88. The minimum Gasteiger partial charge on any atom is -0.463 e. The number of carbonyl (C=O) groups excluding carboxylic acids is 1. The lowest BCUT2D eigenvalue weighted by Crippen LogP contribution is -2.49. The molecule has 3 fully saturated rings. The Morgan fingerprint density at radius 3 is 2.66 bits per heavy atom. The minimum absolute atomic E-state index is 0.126. The average Bonchev–Trinajstić information content (AvgIpc) is 3.62. The molecule has 3 saturated heterocycles. The van der Waals surface area contributed by atoms with Gasteiger partial charge in [0.1, 0.15) is 5.82 Å². The smallest absolute Gasteiger partial charge is 0.318 e. The van der Waals surface area contributed by atoms with E-state index in [2.05, 4.69) is 39.0 Å². The number of carbonyl (C=O) groups is 1. The van der Waals surface area contributed by atoms with Crippen LogP contribution < -0.4 is 14.5 Å². The predicted molar refractivity (Wildman–Crippen MR) is 160 cm³/mol. The molecule has 2 bridgehead atoms. The molecular weight excluding hydrogens is 540 g/mol. The Morgan fingerprint density at radius 2 is 1.90 bits per heavy atom. The number of ether oxygens (including phenoxy) is 2. The summed E-state index contributed by atoms with van der Waals surface area (Å²) in [6, 6.07) is 13.4. The first-order valence-electron chi connectivity index (χ1n) is 14.8. The number of fused-ring (bicyclic) bond motifs is 4. The van der Waals surface area contributed by atoms with E-state index in [1.165, 1.54) is 5.56 Å². The van der Waals surface area contributed by atoms with Gasteiger partial charge in [0.25, 0.3) is 0 Å². The van der Waals surface area contributed by atoms with E-state index >= 15 is 0 Å². The second-order valence-electron chi connectivity index (χ2n) is 11.6. The molecule has 0 unspecified atom stereocenters. The SMILES string of the molecule is CC(=O)N1CCN(c2nc(OCCCN3C[C@@H]4C[C@H]3CO4)nc3c2CCN(c2cccc4cccc(Cl)c24)C3)CC1. The average molecular weight is 577 g/mol. The van der Waals surface area contributed by atoms with Gasteiger partial charge in [-0.25, -0.2) is 0 Å². The van der Waals surface area contributed by atoms with Gasteiger partial charge in [0.2, 0.25) is 5.91 Å². The number of halogens is 1. The fraction of sp³-hybridized carbons (Fsp3) is 0.516. The molecule has 4 aliphatic rings. The molecule has 0 aliphatic carbocycles. The number of rotatable bonds is 7. The van der Waals surface area contributed by atoms with Crippen LogP contribution in [0.1, 0.15) is 31.0 Å². The van der Waals surface area contributed by atoms with Gasteiger partial charge >= 0.3 is 6.01 Å². The number of aromatic nitrogens is 2. The summed E-state index contributed by atoms with van der Waals surface area (Å²) in [5.41, 5.74) is 3.31. The van der Waals surface area contributed by atoms with Crippen molar-refractivity contribution in [2.24, 2.45) is 0 Å². The Balaban J connectivity index is 1.13. The second kappa shape index (κ2) is 11.3. The van der Waals surface area contributed by atoms with E-state index in [1.54, 1.807) is 6.92 Å². The third-order valence-corrected chi connectivity index (χ3v) is 9.37. The van der Waals surface area contributed by atoms with Gasteiger partial charge in [-0.1, -0.05) is 35.9 Å². The maximum atomic E-state index is 11.9. The molecule has 1 amide bonds. The summed E-state index contributed by atoms with van der Waals surface area (Å²) in [5.74, 6) is 1.08. The van der Waals surface area contributed by atoms with E-state index in [0.29, 0.717) is 44.4 Å². The highest BCUT2D eigenvalue weighted by molar-refractivity contribution is 6.36. The molecule has 2 aromatic carbocycles. The lowest BCUT2D eigenvalue weighted by molar-refractivity contribution is -0.129. The Labute approximate surface area is 246 Å². The molecule has 5 heterocycles. The Morgan fingerprint density at radius 1 is 1.07 bits per heavy atom. The maximum Gasteiger partial charge on any atom is 0.318 e. The van der Waals surface area contributed by atoms with Gasteiger partial charge in [0, 0.05) is 75.4 Å². The van der Waals surface area contributed by atoms with Crippen molar-refractivity contribution < 1.29 is 14.3 Å². The van der Waals surface area contributed by atoms with Crippen LogP contribution in [0.2, 0.25) is 5.02 Å². The molecular formula is C31H37ClN6O3. The monoisotopic (exact) mass is 576 g/mol. The fourth-order valence-corrected chi connectivity index (χ4v) is 7.16. The number of hydrogen-bond donors (Lipinski definition) is 0. The van der Waals surface area contributed by atoms with E-state index < -0.39 is 0 Å². The van der Waals surface area contributed by atoms with Gasteiger partial charge in [-0.2, -0.15) is 9.97 Å². The summed E-state index contributed by atoms with van der Waals surface area (Å²) in [7, 11) is 0. The number of nitrogens with zero attached hydrogens (tertiary/aromatic N) is 6. The highest BCUT2D eigenvalue weighted by Gasteiger charge is 2.38. The first-order chi connectivity index (χ1) is 20.0. The predicted octanol–water partition coefficient (Wildman–Crippen LogP) is 3.76. The Bertz CT molecular complexity index is 1440. The minimum atomic E-state index is 0.126. The summed E-state index contributed by atoms with van der Waals surface area (Å²) in [6.07, 6.45) is 3.33. The van der Waals surface area contributed by atoms with Gasteiger partial charge in [0.05, 0.1) is 36.6 Å². The van der Waals surface area contributed by atoms with Crippen molar-refractivity contribution in [3.63, 3.8) is 0 Å². The molecule has 10 heteroatoms. The van der Waals surface area contributed by atoms with E-state index in [4.69, 9.17) is 31.0 Å². The number of benzene rings is 2. The summed E-state index contributed by atoms with van der Waals surface area (Å²) in [5, 5.41) is 2.97. The van der Waals surface area contributed by atoms with Crippen LogP contribution in [0.4, 0.5) is 11.5 Å². The highest BCUT2D eigenvalue weighted by atomic mass is 35.5. The third-order valence-electron chi connectivity index (χ3n) is 9.05. The van der Waals surface area contributed by atoms with Gasteiger partial charge in [-0.15, -0.1) is 0 Å². The van der Waals surface area contributed by atoms with Crippen LogP contribution in [0.15, 0.2) is 36.4 Å². The zero-order chi connectivity index (χ0) is 27.9. The molecule has 7 rings (SSSR count). The van der Waals surface area contributed by atoms with Crippen molar-refractivity contribution in [2.75, 3.05) is 68.8 Å². The van der Waals surface area contributed by atoms with E-state index in [0.717, 1.165) is 91.6 Å². The summed E-state index contributed by atoms with van der Waals surface area (Å²) in [4.78, 5) is 31.0. The van der Waals surface area contributed by atoms with Crippen molar-refractivity contribution in [1.82, 2.24) is 19.8 Å². The first kappa shape index (κ1) is 26.7.